The van der Waals surface area contributed by atoms with Crippen LogP contribution in [-0.2, 0) is 9.59 Å². The quantitative estimate of drug-likeness (QED) is 0.766. The second-order valence-electron chi connectivity index (χ2n) is 8.24. The minimum Gasteiger partial charge on any atom is -0.344 e. The molecule has 1 atom stereocenters. The number of likely N-dealkylation sites (tertiary alicyclic amines) is 2. The number of carbonyl (C=O) groups excluding carboxylic acids is 2. The molecule has 0 bridgehead atoms. The van der Waals surface area contributed by atoms with Gasteiger partial charge in [0.15, 0.2) is 0 Å². The second kappa shape index (κ2) is 9.02. The zero-order chi connectivity index (χ0) is 17.6. The lowest BCUT2D eigenvalue weighted by atomic mass is 9.94. The van der Waals surface area contributed by atoms with Gasteiger partial charge in [-0.15, -0.1) is 0 Å². The minimum absolute atomic E-state index is 0.00688. The van der Waals surface area contributed by atoms with E-state index in [4.69, 9.17) is 0 Å². The largest absolute Gasteiger partial charge is 0.344 e. The Kier molecular flexibility index (Phi) is 6.74. The molecule has 0 aromatic heterocycles. The molecule has 0 radical (unpaired) electrons. The fraction of sp³-hybridized carbons (Fsp3) is 0.900. The van der Waals surface area contributed by atoms with Crippen molar-refractivity contribution in [1.82, 2.24) is 14.7 Å². The van der Waals surface area contributed by atoms with Crippen molar-refractivity contribution in [2.45, 2.75) is 70.3 Å². The average Bonchev–Trinajstić information content (AvgIpc) is 3.03. The maximum Gasteiger partial charge on any atom is 0.227 e. The summed E-state index contributed by atoms with van der Waals surface area (Å²) < 4.78 is 0. The number of rotatable bonds is 5. The summed E-state index contributed by atoms with van der Waals surface area (Å²) in [6.45, 7) is 4.80. The lowest BCUT2D eigenvalue weighted by Gasteiger charge is -2.37. The molecule has 2 heterocycles. The van der Waals surface area contributed by atoms with Gasteiger partial charge in [-0.2, -0.15) is 0 Å². The molecule has 3 rings (SSSR count). The number of hydrogen-bond acceptors (Lipinski definition) is 3. The molecular weight excluding hydrogens is 314 g/mol. The first-order chi connectivity index (χ1) is 12.1. The second-order valence-corrected chi connectivity index (χ2v) is 8.24. The fourth-order valence-corrected chi connectivity index (χ4v) is 4.72. The van der Waals surface area contributed by atoms with Gasteiger partial charge in [-0.3, -0.25) is 9.59 Å². The van der Waals surface area contributed by atoms with E-state index in [0.717, 1.165) is 32.4 Å². The van der Waals surface area contributed by atoms with Crippen LogP contribution in [0.3, 0.4) is 0 Å². The standard InChI is InChI=1S/C20H35N3O2/c1-21(14-15-22-12-6-2-3-7-13-22)20(25)17-10-11-19(24)23(16-17)18-8-4-5-9-18/h17-18H,2-16H2,1H3/t17-/m1/s1. The van der Waals surface area contributed by atoms with Crippen molar-refractivity contribution >= 4 is 11.8 Å². The summed E-state index contributed by atoms with van der Waals surface area (Å²) in [5.74, 6) is 0.515. The first-order valence-electron chi connectivity index (χ1n) is 10.4. The third-order valence-electron chi connectivity index (χ3n) is 6.39. The molecule has 3 fully saturated rings. The molecule has 142 valence electrons. The Hall–Kier alpha value is -1.10. The van der Waals surface area contributed by atoms with Crippen LogP contribution < -0.4 is 0 Å². The molecule has 5 heteroatoms. The number of hydrogen-bond donors (Lipinski definition) is 0. The van der Waals surface area contributed by atoms with Crippen LogP contribution in [0.15, 0.2) is 0 Å². The number of carbonyl (C=O) groups is 2. The van der Waals surface area contributed by atoms with Crippen molar-refractivity contribution in [3.63, 3.8) is 0 Å². The number of amides is 2. The highest BCUT2D eigenvalue weighted by molar-refractivity contribution is 5.84. The SMILES string of the molecule is CN(CCN1CCCCCC1)C(=O)[C@@H]1CCC(=O)N(C2CCCC2)C1. The Bertz CT molecular complexity index is 454. The summed E-state index contributed by atoms with van der Waals surface area (Å²) in [5.41, 5.74) is 0. The lowest BCUT2D eigenvalue weighted by Crippen LogP contribution is -2.50. The summed E-state index contributed by atoms with van der Waals surface area (Å²) in [4.78, 5) is 31.6. The maximum atomic E-state index is 12.9. The molecule has 0 unspecified atom stereocenters. The average molecular weight is 350 g/mol. The Morgan fingerprint density at radius 1 is 1.04 bits per heavy atom. The first-order valence-corrected chi connectivity index (χ1v) is 10.4. The van der Waals surface area contributed by atoms with Gasteiger partial charge in [-0.25, -0.2) is 0 Å². The summed E-state index contributed by atoms with van der Waals surface area (Å²) in [6.07, 6.45) is 11.2. The predicted molar refractivity (Wildman–Crippen MR) is 99.2 cm³/mol. The highest BCUT2D eigenvalue weighted by Crippen LogP contribution is 2.29. The van der Waals surface area contributed by atoms with E-state index in [2.05, 4.69) is 4.90 Å². The Labute approximate surface area is 152 Å². The predicted octanol–water partition coefficient (Wildman–Crippen LogP) is 2.50. The van der Waals surface area contributed by atoms with Crippen LogP contribution in [0, 0.1) is 5.92 Å². The molecule has 0 aromatic carbocycles. The number of likely N-dealkylation sites (N-methyl/N-ethyl adjacent to an activating group) is 1. The molecule has 2 saturated heterocycles. The monoisotopic (exact) mass is 349 g/mol. The molecule has 0 N–H and O–H groups in total. The zero-order valence-corrected chi connectivity index (χ0v) is 15.9. The zero-order valence-electron chi connectivity index (χ0n) is 15.9. The van der Waals surface area contributed by atoms with Crippen LogP contribution in [0.2, 0.25) is 0 Å². The number of nitrogens with zero attached hydrogens (tertiary/aromatic N) is 3. The van der Waals surface area contributed by atoms with Crippen LogP contribution in [0.25, 0.3) is 0 Å². The Morgan fingerprint density at radius 2 is 1.72 bits per heavy atom. The maximum absolute atomic E-state index is 12.9. The molecule has 5 nitrogen and oxygen atoms in total. The van der Waals surface area contributed by atoms with Crippen molar-refractivity contribution in [2.75, 3.05) is 39.8 Å². The molecule has 3 aliphatic rings. The molecular formula is C20H35N3O2. The van der Waals surface area contributed by atoms with Crippen molar-refractivity contribution in [3.8, 4) is 0 Å². The Morgan fingerprint density at radius 3 is 2.40 bits per heavy atom. The summed E-state index contributed by atoms with van der Waals surface area (Å²) in [7, 11) is 1.94. The van der Waals surface area contributed by atoms with Gasteiger partial charge in [0.1, 0.15) is 0 Å². The molecule has 1 saturated carbocycles. The van der Waals surface area contributed by atoms with Gasteiger partial charge in [-0.05, 0) is 45.2 Å². The van der Waals surface area contributed by atoms with E-state index in [1.807, 2.05) is 16.8 Å². The van der Waals surface area contributed by atoms with Crippen molar-refractivity contribution in [2.24, 2.45) is 5.92 Å². The van der Waals surface area contributed by atoms with Crippen LogP contribution in [0.5, 0.6) is 0 Å². The van der Waals surface area contributed by atoms with E-state index in [0.29, 0.717) is 19.0 Å². The fourth-order valence-electron chi connectivity index (χ4n) is 4.72. The third-order valence-corrected chi connectivity index (χ3v) is 6.39. The van der Waals surface area contributed by atoms with E-state index in [1.54, 1.807) is 0 Å². The van der Waals surface area contributed by atoms with E-state index < -0.39 is 0 Å². The van der Waals surface area contributed by atoms with Crippen LogP contribution >= 0.6 is 0 Å². The van der Waals surface area contributed by atoms with E-state index in [1.165, 1.54) is 51.6 Å². The van der Waals surface area contributed by atoms with Gasteiger partial charge >= 0.3 is 0 Å². The van der Waals surface area contributed by atoms with Gasteiger partial charge in [0.25, 0.3) is 0 Å². The smallest absolute Gasteiger partial charge is 0.227 e. The Balaban J connectivity index is 1.48. The van der Waals surface area contributed by atoms with Crippen LogP contribution in [-0.4, -0.2) is 72.3 Å². The topological polar surface area (TPSA) is 43.9 Å². The van der Waals surface area contributed by atoms with Gasteiger partial charge in [-0.1, -0.05) is 25.7 Å². The highest BCUT2D eigenvalue weighted by atomic mass is 16.2. The highest BCUT2D eigenvalue weighted by Gasteiger charge is 2.36. The van der Waals surface area contributed by atoms with E-state index in [-0.39, 0.29) is 17.7 Å². The van der Waals surface area contributed by atoms with E-state index >= 15 is 0 Å². The molecule has 25 heavy (non-hydrogen) atoms. The molecule has 1 aliphatic carbocycles. The summed E-state index contributed by atoms with van der Waals surface area (Å²) in [5, 5.41) is 0. The molecule has 2 amide bonds. The van der Waals surface area contributed by atoms with Crippen molar-refractivity contribution in [3.05, 3.63) is 0 Å². The number of piperidine rings is 1. The molecule has 0 spiro atoms. The molecule has 2 aliphatic heterocycles. The van der Waals surface area contributed by atoms with Gasteiger partial charge in [0, 0.05) is 39.1 Å². The first kappa shape index (κ1) is 18.7. The van der Waals surface area contributed by atoms with Crippen molar-refractivity contribution < 1.29 is 9.59 Å². The summed E-state index contributed by atoms with van der Waals surface area (Å²) in [6, 6.07) is 0.394. The molecule has 0 aromatic rings. The minimum atomic E-state index is 0.00688. The van der Waals surface area contributed by atoms with Crippen molar-refractivity contribution in [1.29, 1.82) is 0 Å². The van der Waals surface area contributed by atoms with Gasteiger partial charge < -0.3 is 14.7 Å². The normalized spacial score (nSPS) is 26.7. The summed E-state index contributed by atoms with van der Waals surface area (Å²) >= 11 is 0. The van der Waals surface area contributed by atoms with E-state index in [9.17, 15) is 9.59 Å². The third kappa shape index (κ3) is 4.96. The lowest BCUT2D eigenvalue weighted by molar-refractivity contribution is -0.144. The van der Waals surface area contributed by atoms with Crippen LogP contribution in [0.1, 0.15) is 64.2 Å². The van der Waals surface area contributed by atoms with Crippen LogP contribution in [0.4, 0.5) is 0 Å². The van der Waals surface area contributed by atoms with Gasteiger partial charge in [0.2, 0.25) is 11.8 Å². The van der Waals surface area contributed by atoms with Gasteiger partial charge in [0.05, 0.1) is 5.92 Å².